The van der Waals surface area contributed by atoms with Crippen LogP contribution in [0.3, 0.4) is 0 Å². The molecule has 0 unspecified atom stereocenters. The summed E-state index contributed by atoms with van der Waals surface area (Å²) in [4.78, 5) is 26.7. The van der Waals surface area contributed by atoms with Crippen LogP contribution in [0.4, 0.5) is 10.1 Å². The van der Waals surface area contributed by atoms with Gasteiger partial charge < -0.3 is 10.6 Å². The number of rotatable bonds is 5. The highest BCUT2D eigenvalue weighted by molar-refractivity contribution is 5.90. The SMILES string of the molecule is Cc1nn(C/C(N)=N/OC(=O)c2ccccc2F)c(C)c1[N+](=O)[O-]. The first-order valence-electron chi connectivity index (χ1n) is 6.78. The quantitative estimate of drug-likeness (QED) is 0.291. The zero-order chi connectivity index (χ0) is 17.9. The lowest BCUT2D eigenvalue weighted by Crippen LogP contribution is -2.22. The fourth-order valence-electron chi connectivity index (χ4n) is 2.06. The summed E-state index contributed by atoms with van der Waals surface area (Å²) in [7, 11) is 0. The number of oxime groups is 1. The monoisotopic (exact) mass is 335 g/mol. The first-order chi connectivity index (χ1) is 11.3. The van der Waals surface area contributed by atoms with E-state index in [-0.39, 0.29) is 35.0 Å². The Kier molecular flexibility index (Phi) is 4.87. The van der Waals surface area contributed by atoms with E-state index < -0.39 is 16.7 Å². The van der Waals surface area contributed by atoms with Crippen LogP contribution < -0.4 is 5.73 Å². The van der Waals surface area contributed by atoms with E-state index >= 15 is 0 Å². The highest BCUT2D eigenvalue weighted by Gasteiger charge is 2.22. The molecule has 0 aliphatic heterocycles. The molecule has 1 heterocycles. The summed E-state index contributed by atoms with van der Waals surface area (Å²) < 4.78 is 14.7. The van der Waals surface area contributed by atoms with Crippen molar-refractivity contribution in [1.29, 1.82) is 0 Å². The minimum atomic E-state index is -1.00. The van der Waals surface area contributed by atoms with Gasteiger partial charge in [0.1, 0.15) is 23.7 Å². The third-order valence-electron chi connectivity index (χ3n) is 3.18. The third-order valence-corrected chi connectivity index (χ3v) is 3.18. The molecule has 0 fully saturated rings. The number of halogens is 1. The Balaban J connectivity index is 2.10. The van der Waals surface area contributed by atoms with Crippen LogP contribution in [0.5, 0.6) is 0 Å². The molecule has 9 nitrogen and oxygen atoms in total. The van der Waals surface area contributed by atoms with Gasteiger partial charge in [-0.15, -0.1) is 0 Å². The molecule has 0 radical (unpaired) electrons. The number of aromatic nitrogens is 2. The molecule has 2 rings (SSSR count). The van der Waals surface area contributed by atoms with Crippen LogP contribution in [0.25, 0.3) is 0 Å². The van der Waals surface area contributed by atoms with Crippen molar-refractivity contribution in [3.05, 3.63) is 57.1 Å². The van der Waals surface area contributed by atoms with E-state index in [2.05, 4.69) is 15.1 Å². The molecule has 0 aliphatic carbocycles. The van der Waals surface area contributed by atoms with Gasteiger partial charge in [0.2, 0.25) is 0 Å². The molecule has 1 aromatic carbocycles. The Hall–Kier alpha value is -3.30. The summed E-state index contributed by atoms with van der Waals surface area (Å²) in [6.07, 6.45) is 0. The lowest BCUT2D eigenvalue weighted by molar-refractivity contribution is -0.386. The van der Waals surface area contributed by atoms with Crippen molar-refractivity contribution >= 4 is 17.5 Å². The Morgan fingerprint density at radius 2 is 2.12 bits per heavy atom. The van der Waals surface area contributed by atoms with E-state index in [9.17, 15) is 19.3 Å². The normalized spacial score (nSPS) is 11.4. The molecule has 24 heavy (non-hydrogen) atoms. The summed E-state index contributed by atoms with van der Waals surface area (Å²) in [6, 6.07) is 5.26. The topological polar surface area (TPSA) is 126 Å². The molecule has 2 aromatic rings. The number of nitrogens with zero attached hydrogens (tertiary/aromatic N) is 4. The van der Waals surface area contributed by atoms with Gasteiger partial charge in [-0.25, -0.2) is 9.18 Å². The summed E-state index contributed by atoms with van der Waals surface area (Å²) in [5.41, 5.74) is 5.74. The second-order valence-electron chi connectivity index (χ2n) is 4.88. The van der Waals surface area contributed by atoms with E-state index in [1.165, 1.54) is 36.7 Å². The van der Waals surface area contributed by atoms with E-state index in [0.29, 0.717) is 0 Å². The Morgan fingerprint density at radius 1 is 1.46 bits per heavy atom. The van der Waals surface area contributed by atoms with Gasteiger partial charge in [-0.2, -0.15) is 5.10 Å². The minimum absolute atomic E-state index is 0.119. The van der Waals surface area contributed by atoms with Crippen molar-refractivity contribution in [2.45, 2.75) is 20.4 Å². The molecule has 0 bridgehead atoms. The average Bonchev–Trinajstić information content (AvgIpc) is 2.79. The lowest BCUT2D eigenvalue weighted by Gasteiger charge is -2.03. The lowest BCUT2D eigenvalue weighted by atomic mass is 10.2. The maximum absolute atomic E-state index is 13.4. The van der Waals surface area contributed by atoms with Gasteiger partial charge in [0, 0.05) is 0 Å². The van der Waals surface area contributed by atoms with Gasteiger partial charge in [-0.1, -0.05) is 17.3 Å². The molecule has 0 atom stereocenters. The smallest absolute Gasteiger partial charge is 0.368 e. The van der Waals surface area contributed by atoms with E-state index in [0.717, 1.165) is 6.07 Å². The van der Waals surface area contributed by atoms with Crippen LogP contribution in [-0.4, -0.2) is 26.5 Å². The second-order valence-corrected chi connectivity index (χ2v) is 4.88. The highest BCUT2D eigenvalue weighted by Crippen LogP contribution is 2.21. The molecular formula is C14H14FN5O4. The second kappa shape index (κ2) is 6.86. The zero-order valence-electron chi connectivity index (χ0n) is 12.9. The van der Waals surface area contributed by atoms with Crippen molar-refractivity contribution in [2.75, 3.05) is 0 Å². The fraction of sp³-hybridized carbons (Fsp3) is 0.214. The average molecular weight is 335 g/mol. The van der Waals surface area contributed by atoms with Crippen molar-refractivity contribution in [1.82, 2.24) is 9.78 Å². The maximum atomic E-state index is 13.4. The Morgan fingerprint density at radius 3 is 2.71 bits per heavy atom. The Labute approximate surface area is 135 Å². The predicted octanol–water partition coefficient (Wildman–Crippen LogP) is 1.68. The van der Waals surface area contributed by atoms with Crippen LogP contribution in [0, 0.1) is 29.8 Å². The third kappa shape index (κ3) is 3.54. The first-order valence-corrected chi connectivity index (χ1v) is 6.78. The van der Waals surface area contributed by atoms with Gasteiger partial charge in [0.25, 0.3) is 0 Å². The van der Waals surface area contributed by atoms with Gasteiger partial charge in [0.05, 0.1) is 10.5 Å². The van der Waals surface area contributed by atoms with E-state index in [4.69, 9.17) is 5.73 Å². The number of nitro groups is 1. The van der Waals surface area contributed by atoms with Crippen LogP contribution in [-0.2, 0) is 11.4 Å². The molecule has 0 amide bonds. The molecule has 0 aliphatic rings. The van der Waals surface area contributed by atoms with E-state index in [1.807, 2.05) is 0 Å². The van der Waals surface area contributed by atoms with Gasteiger partial charge >= 0.3 is 11.7 Å². The minimum Gasteiger partial charge on any atom is -0.383 e. The summed E-state index contributed by atoms with van der Waals surface area (Å²) >= 11 is 0. The number of hydrogen-bond acceptors (Lipinski definition) is 6. The zero-order valence-corrected chi connectivity index (χ0v) is 12.9. The van der Waals surface area contributed by atoms with Gasteiger partial charge in [-0.3, -0.25) is 14.8 Å². The van der Waals surface area contributed by atoms with Gasteiger partial charge in [-0.05, 0) is 26.0 Å². The first kappa shape index (κ1) is 17.1. The summed E-state index contributed by atoms with van der Waals surface area (Å²) in [5, 5.41) is 18.3. The van der Waals surface area contributed by atoms with Crippen LogP contribution in [0.2, 0.25) is 0 Å². The molecule has 1 aromatic heterocycles. The van der Waals surface area contributed by atoms with E-state index in [1.54, 1.807) is 0 Å². The van der Waals surface area contributed by atoms with Crippen LogP contribution in [0.1, 0.15) is 21.7 Å². The van der Waals surface area contributed by atoms with Crippen molar-refractivity contribution in [3.8, 4) is 0 Å². The number of benzene rings is 1. The molecule has 2 N–H and O–H groups in total. The number of nitrogens with two attached hydrogens (primary N) is 1. The predicted molar refractivity (Wildman–Crippen MR) is 81.8 cm³/mol. The van der Waals surface area contributed by atoms with Crippen LogP contribution >= 0.6 is 0 Å². The number of amidine groups is 1. The summed E-state index contributed by atoms with van der Waals surface area (Å²) in [6.45, 7) is 2.88. The Bertz CT molecular complexity index is 831. The number of hydrogen-bond donors (Lipinski definition) is 1. The molecule has 0 saturated carbocycles. The largest absolute Gasteiger partial charge is 0.383 e. The summed E-state index contributed by atoms with van der Waals surface area (Å²) in [5.74, 6) is -1.90. The number of carbonyl (C=O) groups is 1. The standard InChI is InChI=1S/C14H14FN5O4/c1-8-13(20(22)23)9(2)19(17-8)7-12(16)18-24-14(21)10-5-3-4-6-11(10)15/h3-6H,7H2,1-2H3,(H2,16,18). The van der Waals surface area contributed by atoms with Crippen molar-refractivity contribution in [3.63, 3.8) is 0 Å². The molecule has 0 spiro atoms. The fourth-order valence-corrected chi connectivity index (χ4v) is 2.06. The van der Waals surface area contributed by atoms with Crippen molar-refractivity contribution < 1.29 is 18.9 Å². The van der Waals surface area contributed by atoms with Gasteiger partial charge in [0.15, 0.2) is 5.84 Å². The van der Waals surface area contributed by atoms with Crippen LogP contribution in [0.15, 0.2) is 29.4 Å². The van der Waals surface area contributed by atoms with Crippen molar-refractivity contribution in [2.24, 2.45) is 10.9 Å². The molecule has 0 saturated heterocycles. The molecular weight excluding hydrogens is 321 g/mol. The number of aryl methyl sites for hydroxylation is 1. The molecule has 126 valence electrons. The molecule has 10 heteroatoms. The highest BCUT2D eigenvalue weighted by atomic mass is 19.1. The maximum Gasteiger partial charge on any atom is 0.368 e. The number of carbonyl (C=O) groups excluding carboxylic acids is 1.